The van der Waals surface area contributed by atoms with Gasteiger partial charge in [-0.3, -0.25) is 13.8 Å². The summed E-state index contributed by atoms with van der Waals surface area (Å²) in [6.07, 6.45) is 38.1. The van der Waals surface area contributed by atoms with Crippen molar-refractivity contribution in [1.82, 2.24) is 0 Å². The van der Waals surface area contributed by atoms with Gasteiger partial charge in [0.15, 0.2) is 0 Å². The van der Waals surface area contributed by atoms with Crippen LogP contribution in [0.4, 0.5) is 0 Å². The molecule has 0 radical (unpaired) electrons. The summed E-state index contributed by atoms with van der Waals surface area (Å²) < 4.78 is 34.3. The van der Waals surface area contributed by atoms with Gasteiger partial charge < -0.3 is 39.9 Å². The second kappa shape index (κ2) is 42.9. The maximum atomic E-state index is 12.9. The Labute approximate surface area is 396 Å². The van der Waals surface area contributed by atoms with E-state index in [1.54, 1.807) is 0 Å². The lowest BCUT2D eigenvalue weighted by molar-refractivity contribution is -0.220. The predicted molar refractivity (Wildman–Crippen MR) is 263 cm³/mol. The number of rotatable bonds is 46. The molecule has 384 valence electrons. The molecule has 0 bridgehead atoms. The van der Waals surface area contributed by atoms with Crippen molar-refractivity contribution in [2.75, 3.05) is 19.8 Å². The molecular weight excluding hydrogens is 848 g/mol. The van der Waals surface area contributed by atoms with Crippen LogP contribution >= 0.6 is 7.82 Å². The number of carbonyl (C=O) groups excluding carboxylic acids is 1. The summed E-state index contributed by atoms with van der Waals surface area (Å²) in [4.78, 5) is 23.2. The molecule has 0 aromatic rings. The van der Waals surface area contributed by atoms with E-state index >= 15 is 0 Å². The fourth-order valence-corrected chi connectivity index (χ4v) is 9.30. The van der Waals surface area contributed by atoms with E-state index in [2.05, 4.69) is 38.2 Å². The van der Waals surface area contributed by atoms with E-state index < -0.39 is 63.1 Å². The molecule has 1 fully saturated rings. The molecule has 1 aliphatic carbocycles. The van der Waals surface area contributed by atoms with Crippen LogP contribution in [0, 0.1) is 0 Å². The Morgan fingerprint density at radius 1 is 0.492 bits per heavy atom. The van der Waals surface area contributed by atoms with Crippen LogP contribution in [0.2, 0.25) is 0 Å². The third-order valence-electron chi connectivity index (χ3n) is 12.6. The van der Waals surface area contributed by atoms with E-state index in [4.69, 9.17) is 18.5 Å². The van der Waals surface area contributed by atoms with Crippen molar-refractivity contribution in [3.05, 3.63) is 24.3 Å². The standard InChI is InChI=1S/C52H99O12P/c1-3-5-7-9-11-13-15-17-19-21-22-23-24-25-26-28-30-32-34-36-38-40-42-61-43-45(44-62-65(59,60)64-52-50(57)48(55)47(54)49(56)51(52)58)63-46(53)41-39-37-35-33-31-29-27-20-18-16-14-12-10-8-6-4-2/h15,17,21-22,45,47-52,54-58H,3-14,16,18-20,23-44H2,1-2H3,(H,59,60)/b17-15-,22-21-. The molecule has 0 saturated heterocycles. The number of hydrogen-bond acceptors (Lipinski definition) is 11. The van der Waals surface area contributed by atoms with Gasteiger partial charge in [0.25, 0.3) is 0 Å². The van der Waals surface area contributed by atoms with Gasteiger partial charge >= 0.3 is 13.8 Å². The average Bonchev–Trinajstić information content (AvgIpc) is 3.29. The van der Waals surface area contributed by atoms with Crippen molar-refractivity contribution in [3.8, 4) is 0 Å². The van der Waals surface area contributed by atoms with Crippen LogP contribution in [0.5, 0.6) is 0 Å². The molecule has 0 spiro atoms. The predicted octanol–water partition coefficient (Wildman–Crippen LogP) is 12.0. The Kier molecular flexibility index (Phi) is 40.8. The van der Waals surface area contributed by atoms with Gasteiger partial charge in [-0.05, 0) is 44.9 Å². The molecule has 6 N–H and O–H groups in total. The van der Waals surface area contributed by atoms with Crippen molar-refractivity contribution in [1.29, 1.82) is 0 Å². The van der Waals surface area contributed by atoms with E-state index in [1.807, 2.05) is 0 Å². The highest BCUT2D eigenvalue weighted by Crippen LogP contribution is 2.47. The highest BCUT2D eigenvalue weighted by Gasteiger charge is 2.51. The molecule has 1 aliphatic rings. The number of carbonyl (C=O) groups is 1. The van der Waals surface area contributed by atoms with Crippen LogP contribution < -0.4 is 0 Å². The van der Waals surface area contributed by atoms with Gasteiger partial charge in [-0.25, -0.2) is 4.57 Å². The average molecular weight is 947 g/mol. The van der Waals surface area contributed by atoms with Gasteiger partial charge in [0.05, 0.1) is 13.2 Å². The lowest BCUT2D eigenvalue weighted by Crippen LogP contribution is -2.64. The molecule has 0 heterocycles. The summed E-state index contributed by atoms with van der Waals surface area (Å²) in [5.74, 6) is -0.474. The number of phosphoric ester groups is 1. The number of unbranched alkanes of at least 4 members (excludes halogenated alkanes) is 30. The first-order valence-corrected chi connectivity index (χ1v) is 28.2. The molecule has 0 aliphatic heterocycles. The Bertz CT molecular complexity index is 1170. The fraction of sp³-hybridized carbons (Fsp3) is 0.904. The number of aliphatic hydroxyl groups excluding tert-OH is 5. The zero-order chi connectivity index (χ0) is 47.6. The number of phosphoric acid groups is 1. The fourth-order valence-electron chi connectivity index (χ4n) is 8.33. The summed E-state index contributed by atoms with van der Waals surface area (Å²) in [5.41, 5.74) is 0. The number of allylic oxidation sites excluding steroid dienone is 4. The molecule has 65 heavy (non-hydrogen) atoms. The van der Waals surface area contributed by atoms with E-state index in [0.29, 0.717) is 13.0 Å². The second-order valence-electron chi connectivity index (χ2n) is 18.7. The topological polar surface area (TPSA) is 192 Å². The third-order valence-corrected chi connectivity index (χ3v) is 13.6. The van der Waals surface area contributed by atoms with E-state index in [9.17, 15) is 39.8 Å². The maximum absolute atomic E-state index is 12.9. The minimum atomic E-state index is -5.02. The third kappa shape index (κ3) is 34.7. The van der Waals surface area contributed by atoms with Crippen molar-refractivity contribution < 1.29 is 58.3 Å². The minimum Gasteiger partial charge on any atom is -0.457 e. The van der Waals surface area contributed by atoms with Crippen molar-refractivity contribution >= 4 is 13.8 Å². The van der Waals surface area contributed by atoms with Gasteiger partial charge in [-0.1, -0.05) is 212 Å². The van der Waals surface area contributed by atoms with Crippen LogP contribution in [0.1, 0.15) is 239 Å². The van der Waals surface area contributed by atoms with Crippen LogP contribution in [-0.4, -0.2) is 98.9 Å². The van der Waals surface area contributed by atoms with E-state index in [-0.39, 0.29) is 13.0 Å². The Balaban J connectivity index is 2.31. The molecule has 0 aromatic heterocycles. The number of aliphatic hydroxyl groups is 5. The van der Waals surface area contributed by atoms with Crippen molar-refractivity contribution in [3.63, 3.8) is 0 Å². The first-order chi connectivity index (χ1) is 31.5. The molecule has 6 atom stereocenters. The second-order valence-corrected chi connectivity index (χ2v) is 20.1. The summed E-state index contributed by atoms with van der Waals surface area (Å²) in [5, 5.41) is 50.3. The van der Waals surface area contributed by atoms with Crippen molar-refractivity contribution in [2.24, 2.45) is 0 Å². The quantitative estimate of drug-likeness (QED) is 0.0147. The Morgan fingerprint density at radius 2 is 0.862 bits per heavy atom. The van der Waals surface area contributed by atoms with Gasteiger partial charge in [0.2, 0.25) is 0 Å². The highest BCUT2D eigenvalue weighted by atomic mass is 31.2. The van der Waals surface area contributed by atoms with Crippen LogP contribution in [0.25, 0.3) is 0 Å². The molecule has 6 unspecified atom stereocenters. The lowest BCUT2D eigenvalue weighted by Gasteiger charge is -2.41. The van der Waals surface area contributed by atoms with E-state index in [0.717, 1.165) is 44.9 Å². The Morgan fingerprint density at radius 3 is 1.29 bits per heavy atom. The number of ether oxygens (including phenoxy) is 2. The number of esters is 1. The van der Waals surface area contributed by atoms with Crippen LogP contribution in [0.3, 0.4) is 0 Å². The van der Waals surface area contributed by atoms with Crippen molar-refractivity contribution in [2.45, 2.75) is 281 Å². The van der Waals surface area contributed by atoms with Crippen LogP contribution in [-0.2, 0) is 27.9 Å². The van der Waals surface area contributed by atoms with Gasteiger partial charge in [-0.15, -0.1) is 0 Å². The summed E-state index contributed by atoms with van der Waals surface area (Å²) in [6, 6.07) is 0. The lowest BCUT2D eigenvalue weighted by atomic mass is 9.85. The molecule has 1 rings (SSSR count). The normalized spacial score (nSPS) is 21.7. The van der Waals surface area contributed by atoms with Gasteiger partial charge in [0.1, 0.15) is 42.7 Å². The van der Waals surface area contributed by atoms with E-state index in [1.165, 1.54) is 167 Å². The largest absolute Gasteiger partial charge is 0.472 e. The molecule has 1 saturated carbocycles. The molecule has 0 aromatic carbocycles. The molecular formula is C52H99O12P. The van der Waals surface area contributed by atoms with Gasteiger partial charge in [0, 0.05) is 13.0 Å². The first kappa shape index (κ1) is 61.8. The van der Waals surface area contributed by atoms with Gasteiger partial charge in [-0.2, -0.15) is 0 Å². The van der Waals surface area contributed by atoms with Crippen LogP contribution in [0.15, 0.2) is 24.3 Å². The molecule has 0 amide bonds. The number of hydrogen-bond donors (Lipinski definition) is 6. The highest BCUT2D eigenvalue weighted by molar-refractivity contribution is 7.47. The minimum absolute atomic E-state index is 0.0743. The molecule has 13 heteroatoms. The maximum Gasteiger partial charge on any atom is 0.472 e. The SMILES string of the molecule is CCCCCCC/C=C\C/C=C\CCCCCCCCCCCCOCC(COP(=O)(O)OC1C(O)C(O)C(O)C(O)C1O)OC(=O)CCCCCCCCCCCCCCCCCC. The molecule has 12 nitrogen and oxygen atoms in total. The smallest absolute Gasteiger partial charge is 0.457 e. The Hall–Kier alpha value is -1.18. The summed E-state index contributed by atoms with van der Waals surface area (Å²) in [7, 11) is -5.02. The summed E-state index contributed by atoms with van der Waals surface area (Å²) >= 11 is 0. The first-order valence-electron chi connectivity index (χ1n) is 26.7. The summed E-state index contributed by atoms with van der Waals surface area (Å²) in [6.45, 7) is 4.28. The zero-order valence-electron chi connectivity index (χ0n) is 41.3. The monoisotopic (exact) mass is 947 g/mol. The zero-order valence-corrected chi connectivity index (χ0v) is 42.2.